The van der Waals surface area contributed by atoms with Gasteiger partial charge in [0.25, 0.3) is 5.91 Å². The maximum atomic E-state index is 12.6. The van der Waals surface area contributed by atoms with Crippen molar-refractivity contribution >= 4 is 51.9 Å². The second-order valence-corrected chi connectivity index (χ2v) is 7.80. The third-order valence-corrected chi connectivity index (χ3v) is 5.32. The lowest BCUT2D eigenvalue weighted by Gasteiger charge is -2.08. The molecule has 6 nitrogen and oxygen atoms in total. The molecule has 2 amide bonds. The van der Waals surface area contributed by atoms with E-state index in [9.17, 15) is 9.59 Å². The van der Waals surface area contributed by atoms with Crippen molar-refractivity contribution in [2.75, 3.05) is 16.4 Å². The van der Waals surface area contributed by atoms with Crippen LogP contribution in [0.5, 0.6) is 0 Å². The zero-order chi connectivity index (χ0) is 23.4. The van der Waals surface area contributed by atoms with Crippen LogP contribution in [0.15, 0.2) is 78.9 Å². The van der Waals surface area contributed by atoms with Crippen LogP contribution in [0.3, 0.4) is 0 Å². The van der Waals surface area contributed by atoms with Crippen LogP contribution in [-0.2, 0) is 11.8 Å². The van der Waals surface area contributed by atoms with E-state index in [1.54, 1.807) is 24.3 Å². The summed E-state index contributed by atoms with van der Waals surface area (Å²) in [5.74, 6) is -0.364. The molecule has 6 heteroatoms. The van der Waals surface area contributed by atoms with E-state index in [2.05, 4.69) is 21.3 Å². The van der Waals surface area contributed by atoms with E-state index in [0.29, 0.717) is 16.9 Å². The predicted octanol–water partition coefficient (Wildman–Crippen LogP) is 4.63. The highest BCUT2D eigenvalue weighted by atomic mass is 16.2. The minimum Gasteiger partial charge on any atom is -0.399 e. The Kier molecular flexibility index (Phi) is 6.17. The first-order chi connectivity index (χ1) is 15.9. The molecule has 0 spiro atoms. The van der Waals surface area contributed by atoms with Crippen molar-refractivity contribution in [3.8, 4) is 0 Å². The minimum absolute atomic E-state index is 0.152. The molecule has 3 aromatic carbocycles. The summed E-state index contributed by atoms with van der Waals surface area (Å²) in [6.45, 7) is 1.44. The number of benzene rings is 3. The van der Waals surface area contributed by atoms with Gasteiger partial charge in [-0.2, -0.15) is 4.57 Å². The lowest BCUT2D eigenvalue weighted by molar-refractivity contribution is -0.646. The topological polar surface area (TPSA) is 88.1 Å². The maximum absolute atomic E-state index is 12.6. The number of carbonyl (C=O) groups is 2. The number of nitrogens with two attached hydrogens (primary N) is 1. The highest BCUT2D eigenvalue weighted by molar-refractivity contribution is 6.05. The van der Waals surface area contributed by atoms with Gasteiger partial charge in [0.15, 0.2) is 0 Å². The molecule has 0 atom stereocenters. The molecule has 4 aromatic rings. The Bertz CT molecular complexity index is 1360. The highest BCUT2D eigenvalue weighted by Gasteiger charge is 2.12. The van der Waals surface area contributed by atoms with E-state index < -0.39 is 0 Å². The van der Waals surface area contributed by atoms with Gasteiger partial charge in [-0.05, 0) is 66.2 Å². The number of aryl methyl sites for hydroxylation is 1. The van der Waals surface area contributed by atoms with Crippen LogP contribution in [0.25, 0.3) is 23.1 Å². The van der Waals surface area contributed by atoms with E-state index >= 15 is 0 Å². The number of nitrogens with zero attached hydrogens (tertiary/aromatic N) is 1. The molecule has 0 radical (unpaired) electrons. The van der Waals surface area contributed by atoms with Gasteiger partial charge in [0.2, 0.25) is 17.1 Å². The fourth-order valence-corrected chi connectivity index (χ4v) is 3.56. The average molecular weight is 438 g/mol. The normalized spacial score (nSPS) is 11.0. The van der Waals surface area contributed by atoms with Gasteiger partial charge in [0.05, 0.1) is 0 Å². The molecule has 0 aliphatic rings. The van der Waals surface area contributed by atoms with Crippen molar-refractivity contribution in [2.24, 2.45) is 7.05 Å². The number of amides is 2. The molecule has 4 rings (SSSR count). The SMILES string of the molecule is CC(=O)Nc1ccc(C(=O)Nc2ccc3c(ccc(/C=C\c4ccc(N)cc4)[n+]3C)c2)cc1. The Hall–Kier alpha value is -4.45. The lowest BCUT2D eigenvalue weighted by Crippen LogP contribution is -2.32. The summed E-state index contributed by atoms with van der Waals surface area (Å²) in [5, 5.41) is 6.64. The molecule has 0 aliphatic carbocycles. The summed E-state index contributed by atoms with van der Waals surface area (Å²) in [5.41, 5.74) is 11.5. The third kappa shape index (κ3) is 5.25. The zero-order valence-corrected chi connectivity index (χ0v) is 18.5. The van der Waals surface area contributed by atoms with Crippen molar-refractivity contribution in [3.63, 3.8) is 0 Å². The summed E-state index contributed by atoms with van der Waals surface area (Å²) >= 11 is 0. The van der Waals surface area contributed by atoms with Crippen molar-refractivity contribution in [1.29, 1.82) is 0 Å². The third-order valence-electron chi connectivity index (χ3n) is 5.32. The van der Waals surface area contributed by atoms with Crippen molar-refractivity contribution in [1.82, 2.24) is 0 Å². The first-order valence-electron chi connectivity index (χ1n) is 10.5. The molecule has 0 saturated carbocycles. The number of aromatic nitrogens is 1. The summed E-state index contributed by atoms with van der Waals surface area (Å²) in [7, 11) is 2.01. The largest absolute Gasteiger partial charge is 0.399 e. The number of fused-ring (bicyclic) bond motifs is 1. The number of anilines is 3. The van der Waals surface area contributed by atoms with E-state index in [4.69, 9.17) is 5.73 Å². The Morgan fingerprint density at radius 2 is 1.52 bits per heavy atom. The van der Waals surface area contributed by atoms with Gasteiger partial charge in [-0.15, -0.1) is 0 Å². The molecule has 33 heavy (non-hydrogen) atoms. The molecule has 0 unspecified atom stereocenters. The van der Waals surface area contributed by atoms with Gasteiger partial charge in [0, 0.05) is 53.1 Å². The maximum Gasteiger partial charge on any atom is 0.255 e. The van der Waals surface area contributed by atoms with E-state index in [-0.39, 0.29) is 11.8 Å². The smallest absolute Gasteiger partial charge is 0.255 e. The zero-order valence-electron chi connectivity index (χ0n) is 18.5. The Labute approximate surface area is 192 Å². The van der Waals surface area contributed by atoms with E-state index in [1.807, 2.05) is 67.7 Å². The van der Waals surface area contributed by atoms with Crippen molar-refractivity contribution in [2.45, 2.75) is 6.92 Å². The molecular formula is C27H25N4O2+. The van der Waals surface area contributed by atoms with E-state index in [1.165, 1.54) is 6.92 Å². The Morgan fingerprint density at radius 1 is 0.818 bits per heavy atom. The van der Waals surface area contributed by atoms with Crippen LogP contribution in [0.4, 0.5) is 17.1 Å². The molecule has 0 saturated heterocycles. The molecule has 164 valence electrons. The lowest BCUT2D eigenvalue weighted by atomic mass is 10.1. The number of hydrogen-bond acceptors (Lipinski definition) is 3. The molecule has 0 fully saturated rings. The second-order valence-electron chi connectivity index (χ2n) is 7.80. The molecular weight excluding hydrogens is 412 g/mol. The highest BCUT2D eigenvalue weighted by Crippen LogP contribution is 2.19. The summed E-state index contributed by atoms with van der Waals surface area (Å²) < 4.78 is 2.11. The quantitative estimate of drug-likeness (QED) is 0.314. The first kappa shape index (κ1) is 21.8. The van der Waals surface area contributed by atoms with Crippen molar-refractivity contribution in [3.05, 3.63) is 95.7 Å². The second kappa shape index (κ2) is 9.36. The first-order valence-corrected chi connectivity index (χ1v) is 10.5. The average Bonchev–Trinajstić information content (AvgIpc) is 2.80. The molecule has 0 bridgehead atoms. The van der Waals surface area contributed by atoms with Gasteiger partial charge < -0.3 is 16.4 Å². The van der Waals surface area contributed by atoms with Gasteiger partial charge in [-0.25, -0.2) is 0 Å². The number of nitrogen functional groups attached to an aromatic ring is 1. The monoisotopic (exact) mass is 437 g/mol. The van der Waals surface area contributed by atoms with Crippen LogP contribution < -0.4 is 20.9 Å². The van der Waals surface area contributed by atoms with E-state index in [0.717, 1.165) is 27.8 Å². The number of carbonyl (C=O) groups excluding carboxylic acids is 2. The fourth-order valence-electron chi connectivity index (χ4n) is 3.56. The number of hydrogen-bond donors (Lipinski definition) is 3. The Morgan fingerprint density at radius 3 is 2.21 bits per heavy atom. The standard InChI is InChI=1S/C27H24N4O2/c1-18(32)29-23-11-6-20(7-12-23)27(33)30-24-13-16-26-21(17-24)8-15-25(31(26)2)14-5-19-3-9-22(28)10-4-19/h3-17,28H,1-2H3,(H2,29,30,32,33)/p+1. The predicted molar refractivity (Wildman–Crippen MR) is 134 cm³/mol. The van der Waals surface area contributed by atoms with Gasteiger partial charge in [-0.3, -0.25) is 9.59 Å². The van der Waals surface area contributed by atoms with Crippen molar-refractivity contribution < 1.29 is 14.2 Å². The molecule has 1 heterocycles. The van der Waals surface area contributed by atoms with Crippen LogP contribution in [0.1, 0.15) is 28.5 Å². The van der Waals surface area contributed by atoms with Gasteiger partial charge in [-0.1, -0.05) is 12.1 Å². The summed E-state index contributed by atoms with van der Waals surface area (Å²) in [4.78, 5) is 23.8. The van der Waals surface area contributed by atoms with Crippen LogP contribution in [0.2, 0.25) is 0 Å². The number of nitrogens with one attached hydrogen (secondary N) is 2. The fraction of sp³-hybridized carbons (Fsp3) is 0.0741. The van der Waals surface area contributed by atoms with Gasteiger partial charge >= 0.3 is 0 Å². The van der Waals surface area contributed by atoms with Crippen LogP contribution >= 0.6 is 0 Å². The number of rotatable bonds is 5. The molecule has 4 N–H and O–H groups in total. The molecule has 0 aliphatic heterocycles. The summed E-state index contributed by atoms with van der Waals surface area (Å²) in [6.07, 6.45) is 4.11. The minimum atomic E-state index is -0.212. The number of pyridine rings is 1. The van der Waals surface area contributed by atoms with Gasteiger partial charge in [0.1, 0.15) is 7.05 Å². The molecule has 1 aromatic heterocycles. The van der Waals surface area contributed by atoms with Crippen LogP contribution in [0, 0.1) is 0 Å². The Balaban J connectivity index is 1.51. The van der Waals surface area contributed by atoms with Crippen LogP contribution in [-0.4, -0.2) is 11.8 Å². The summed E-state index contributed by atoms with van der Waals surface area (Å²) in [6, 6.07) is 24.4.